The number of anilines is 2. The molecule has 5 aromatic rings. The first-order valence-corrected chi connectivity index (χ1v) is 17.2. The molecule has 0 saturated heterocycles. The fourth-order valence-corrected chi connectivity index (χ4v) is 6.33. The van der Waals surface area contributed by atoms with Crippen LogP contribution in [0.5, 0.6) is 0 Å². The first-order valence-electron chi connectivity index (χ1n) is 12.8. The van der Waals surface area contributed by atoms with Crippen molar-refractivity contribution in [3.8, 4) is 22.5 Å². The van der Waals surface area contributed by atoms with Gasteiger partial charge < -0.3 is 14.4 Å². The highest BCUT2D eigenvalue weighted by Crippen LogP contribution is 2.22. The first-order chi connectivity index (χ1) is 21.3. The Labute approximate surface area is 265 Å². The van der Waals surface area contributed by atoms with E-state index < -0.39 is 66.3 Å². The van der Waals surface area contributed by atoms with Gasteiger partial charge in [-0.3, -0.25) is 20.2 Å². The van der Waals surface area contributed by atoms with Gasteiger partial charge in [0.15, 0.2) is 19.7 Å². The molecule has 4 N–H and O–H groups in total. The lowest BCUT2D eigenvalue weighted by Gasteiger charge is -2.03. The Morgan fingerprint density at radius 3 is 1.42 bits per heavy atom. The number of rotatable bonds is 12. The third-order valence-electron chi connectivity index (χ3n) is 5.88. The van der Waals surface area contributed by atoms with Gasteiger partial charge in [0.25, 0.3) is 0 Å². The maximum atomic E-state index is 12.6. The fourth-order valence-electron chi connectivity index (χ4n) is 3.94. The number of aromatic amines is 2. The van der Waals surface area contributed by atoms with Crippen molar-refractivity contribution in [2.45, 2.75) is 11.5 Å². The molecule has 3 heterocycles. The minimum absolute atomic E-state index is 0.0310. The average molecular weight is 694 g/mol. The second kappa shape index (κ2) is 13.2. The van der Waals surface area contributed by atoms with Crippen LogP contribution in [0.15, 0.2) is 65.3 Å². The number of imidazole rings is 2. The van der Waals surface area contributed by atoms with Gasteiger partial charge in [0, 0.05) is 10.0 Å². The maximum absolute atomic E-state index is 12.6. The van der Waals surface area contributed by atoms with Crippen LogP contribution in [0.1, 0.15) is 11.8 Å². The number of carbonyl (C=O) groups is 2. The molecule has 5 rings (SSSR count). The largest absolute Gasteiger partial charge is 0.423 e. The molecular formula is C26H22Cl2N8O7S2. The van der Waals surface area contributed by atoms with Crippen LogP contribution in [-0.2, 0) is 40.8 Å². The van der Waals surface area contributed by atoms with Crippen molar-refractivity contribution in [1.82, 2.24) is 30.1 Å². The molecule has 2 amide bonds. The van der Waals surface area contributed by atoms with Gasteiger partial charge in [-0.1, -0.05) is 47.5 Å². The molecule has 19 heteroatoms. The monoisotopic (exact) mass is 692 g/mol. The molecule has 0 aliphatic rings. The third kappa shape index (κ3) is 8.98. The van der Waals surface area contributed by atoms with E-state index in [4.69, 9.17) is 27.6 Å². The van der Waals surface area contributed by atoms with Crippen LogP contribution in [0.3, 0.4) is 0 Å². The Hall–Kier alpha value is -4.58. The van der Waals surface area contributed by atoms with E-state index in [0.29, 0.717) is 21.4 Å². The predicted molar refractivity (Wildman–Crippen MR) is 165 cm³/mol. The normalized spacial score (nSPS) is 11.8. The molecule has 45 heavy (non-hydrogen) atoms. The number of H-pyrrole nitrogens is 2. The molecule has 15 nitrogen and oxygen atoms in total. The van der Waals surface area contributed by atoms with Gasteiger partial charge in [-0.25, -0.2) is 26.8 Å². The van der Waals surface area contributed by atoms with E-state index in [0.717, 1.165) is 11.1 Å². The Morgan fingerprint density at radius 1 is 0.667 bits per heavy atom. The molecule has 0 spiro atoms. The quantitative estimate of drug-likeness (QED) is 0.148. The fraction of sp³-hybridized carbons (Fsp3) is 0.154. The molecule has 3 aromatic heterocycles. The third-order valence-corrected chi connectivity index (χ3v) is 9.16. The zero-order valence-electron chi connectivity index (χ0n) is 22.8. The molecule has 0 aliphatic heterocycles. The van der Waals surface area contributed by atoms with E-state index in [1.807, 2.05) is 0 Å². The smallest absolute Gasteiger partial charge is 0.241 e. The van der Waals surface area contributed by atoms with Crippen LogP contribution in [0.2, 0.25) is 10.0 Å². The van der Waals surface area contributed by atoms with Crippen molar-refractivity contribution in [3.05, 3.63) is 82.8 Å². The summed E-state index contributed by atoms with van der Waals surface area (Å²) in [6.45, 7) is 0. The number of nitrogens with zero attached hydrogens (tertiary/aromatic N) is 4. The summed E-state index contributed by atoms with van der Waals surface area (Å²) in [6, 6.07) is 13.7. The molecular weight excluding hydrogens is 671 g/mol. The summed E-state index contributed by atoms with van der Waals surface area (Å²) in [4.78, 5) is 38.5. The minimum atomic E-state index is -4.10. The van der Waals surface area contributed by atoms with Crippen LogP contribution in [0.4, 0.5) is 11.9 Å². The van der Waals surface area contributed by atoms with E-state index in [1.165, 1.54) is 12.4 Å². The molecule has 0 atom stereocenters. The zero-order valence-corrected chi connectivity index (χ0v) is 26.0. The SMILES string of the molecule is O=C(CS(=O)(=O)Cc1nnc(CS(=O)(=O)CC(=O)Nc2ncc(-c3ccc(Cl)cc3)[nH]2)o1)Nc1ncc(-c2ccc(Cl)cc2)[nH]1. The summed E-state index contributed by atoms with van der Waals surface area (Å²) in [5, 5.41) is 12.9. The topological polar surface area (TPSA) is 223 Å². The number of sulfone groups is 2. The lowest BCUT2D eigenvalue weighted by atomic mass is 10.2. The van der Waals surface area contributed by atoms with Crippen LogP contribution < -0.4 is 10.6 Å². The van der Waals surface area contributed by atoms with Crippen molar-refractivity contribution >= 4 is 66.6 Å². The van der Waals surface area contributed by atoms with Crippen LogP contribution >= 0.6 is 23.2 Å². The van der Waals surface area contributed by atoms with Gasteiger partial charge in [-0.05, 0) is 35.4 Å². The van der Waals surface area contributed by atoms with E-state index >= 15 is 0 Å². The number of halogens is 2. The van der Waals surface area contributed by atoms with Gasteiger partial charge in [0.1, 0.15) is 23.0 Å². The first kappa shape index (κ1) is 31.8. The van der Waals surface area contributed by atoms with Gasteiger partial charge >= 0.3 is 0 Å². The Balaban J connectivity index is 1.11. The summed E-state index contributed by atoms with van der Waals surface area (Å²) >= 11 is 11.8. The highest BCUT2D eigenvalue weighted by Gasteiger charge is 2.25. The van der Waals surface area contributed by atoms with E-state index in [9.17, 15) is 26.4 Å². The van der Waals surface area contributed by atoms with Crippen LogP contribution in [0, 0.1) is 0 Å². The predicted octanol–water partition coefficient (Wildman–Crippen LogP) is 3.26. The Kier molecular flexibility index (Phi) is 9.33. The summed E-state index contributed by atoms with van der Waals surface area (Å²) < 4.78 is 55.4. The van der Waals surface area contributed by atoms with Crippen LogP contribution in [0.25, 0.3) is 22.5 Å². The number of hydrogen-bond acceptors (Lipinski definition) is 11. The number of hydrogen-bond donors (Lipinski definition) is 4. The molecule has 234 valence electrons. The Bertz CT molecular complexity index is 1910. The highest BCUT2D eigenvalue weighted by molar-refractivity contribution is 7.91. The van der Waals surface area contributed by atoms with Gasteiger partial charge in [-0.2, -0.15) is 0 Å². The summed E-state index contributed by atoms with van der Waals surface area (Å²) in [5.41, 5.74) is 2.63. The van der Waals surface area contributed by atoms with Crippen molar-refractivity contribution in [2.75, 3.05) is 22.1 Å². The van der Waals surface area contributed by atoms with Crippen molar-refractivity contribution in [3.63, 3.8) is 0 Å². The van der Waals surface area contributed by atoms with Crippen molar-refractivity contribution in [2.24, 2.45) is 0 Å². The lowest BCUT2D eigenvalue weighted by molar-refractivity contribution is -0.114. The highest BCUT2D eigenvalue weighted by atomic mass is 35.5. The molecule has 0 radical (unpaired) electrons. The number of amides is 2. The lowest BCUT2D eigenvalue weighted by Crippen LogP contribution is -2.24. The van der Waals surface area contributed by atoms with Crippen LogP contribution in [-0.4, -0.2) is 70.3 Å². The van der Waals surface area contributed by atoms with E-state index in [2.05, 4.69) is 40.8 Å². The van der Waals surface area contributed by atoms with E-state index in [-0.39, 0.29) is 11.9 Å². The summed E-state index contributed by atoms with van der Waals surface area (Å²) in [7, 11) is -8.21. The van der Waals surface area contributed by atoms with Gasteiger partial charge in [0.2, 0.25) is 35.5 Å². The number of carbonyl (C=O) groups excluding carboxylic acids is 2. The van der Waals surface area contributed by atoms with Crippen molar-refractivity contribution in [1.29, 1.82) is 0 Å². The van der Waals surface area contributed by atoms with Crippen molar-refractivity contribution < 1.29 is 30.8 Å². The second-order valence-electron chi connectivity index (χ2n) is 9.56. The van der Waals surface area contributed by atoms with E-state index in [1.54, 1.807) is 48.5 Å². The molecule has 0 fully saturated rings. The number of nitrogens with one attached hydrogen (secondary N) is 4. The second-order valence-corrected chi connectivity index (χ2v) is 14.6. The number of aromatic nitrogens is 6. The summed E-state index contributed by atoms with van der Waals surface area (Å²) in [5.74, 6) is -6.06. The zero-order chi connectivity index (χ0) is 32.2. The summed E-state index contributed by atoms with van der Waals surface area (Å²) in [6.07, 6.45) is 2.92. The average Bonchev–Trinajstić information content (AvgIpc) is 3.70. The minimum Gasteiger partial charge on any atom is -0.423 e. The van der Waals surface area contributed by atoms with Gasteiger partial charge in [0.05, 0.1) is 23.8 Å². The molecule has 0 aliphatic carbocycles. The number of benzene rings is 2. The molecule has 2 aromatic carbocycles. The Morgan fingerprint density at radius 2 is 1.04 bits per heavy atom. The maximum Gasteiger partial charge on any atom is 0.241 e. The standard InChI is InChI=1S/C26H22Cl2N8O7S2/c27-17-5-1-15(2-6-17)19-9-29-25(31-19)33-21(37)11-44(39,40)13-23-35-36-24(43-23)14-45(41,42)12-22(38)34-26-30-10-20(32-26)16-3-7-18(28)8-4-16/h1-10H,11-14H2,(H2,29,31,33,37)(H2,30,32,34,38). The van der Waals surface area contributed by atoms with Gasteiger partial charge in [-0.15, -0.1) is 10.2 Å². The molecule has 0 bridgehead atoms. The molecule has 0 saturated carbocycles. The molecule has 0 unspecified atom stereocenters.